The molecule has 0 bridgehead atoms. The highest BCUT2D eigenvalue weighted by atomic mass is 16.2. The molecule has 1 aliphatic carbocycles. The number of amides is 4. The number of fused-ring (bicyclic) bond motifs is 1. The molecule has 0 radical (unpaired) electrons. The molecule has 1 heterocycles. The molecular weight excluding hydrogens is 478 g/mol. The van der Waals surface area contributed by atoms with Gasteiger partial charge in [0.25, 0.3) is 5.91 Å². The van der Waals surface area contributed by atoms with Gasteiger partial charge < -0.3 is 10.6 Å². The van der Waals surface area contributed by atoms with Gasteiger partial charge in [0.15, 0.2) is 0 Å². The Morgan fingerprint density at radius 3 is 2.26 bits per heavy atom. The Labute approximate surface area is 221 Å². The molecule has 0 unspecified atom stereocenters. The van der Waals surface area contributed by atoms with Crippen molar-refractivity contribution in [1.29, 1.82) is 0 Å². The van der Waals surface area contributed by atoms with Crippen LogP contribution in [0, 0.1) is 11.8 Å². The third-order valence-corrected chi connectivity index (χ3v) is 7.10. The molecule has 3 aromatic rings. The molecule has 38 heavy (non-hydrogen) atoms. The lowest BCUT2D eigenvalue weighted by atomic mass is 9.82. The van der Waals surface area contributed by atoms with Gasteiger partial charge in [-0.15, -0.1) is 0 Å². The Morgan fingerprint density at radius 1 is 0.842 bits per heavy atom. The summed E-state index contributed by atoms with van der Waals surface area (Å²) in [5.41, 5.74) is 4.23. The standard InChI is InChI=1S/C31H29N3O4/c1-20-10-16-26-27(18-20)31(38)34(30(26)37)25-14-12-22(13-15-25)29(36)33-24-9-5-8-23(19-24)32-28(35)17-11-21-6-3-2-4-7-21/h2-10,12-15,19,26-27H,11,16-18H2,1H3,(H,32,35)(H,33,36)/t26-,27-/m0/s1. The van der Waals surface area contributed by atoms with Crippen LogP contribution in [0.4, 0.5) is 17.1 Å². The van der Waals surface area contributed by atoms with Crippen molar-refractivity contribution in [2.45, 2.75) is 32.6 Å². The van der Waals surface area contributed by atoms with E-state index in [1.165, 1.54) is 4.90 Å². The number of carbonyl (C=O) groups is 4. The van der Waals surface area contributed by atoms with Crippen LogP contribution in [-0.4, -0.2) is 23.6 Å². The first-order valence-electron chi connectivity index (χ1n) is 12.8. The average Bonchev–Trinajstić information content (AvgIpc) is 3.17. The number of benzene rings is 3. The van der Waals surface area contributed by atoms with E-state index in [0.717, 1.165) is 11.1 Å². The van der Waals surface area contributed by atoms with Crippen molar-refractivity contribution in [1.82, 2.24) is 0 Å². The molecule has 0 saturated carbocycles. The van der Waals surface area contributed by atoms with Crippen LogP contribution in [0.15, 0.2) is 90.5 Å². The molecule has 192 valence electrons. The Kier molecular flexibility index (Phi) is 7.18. The fourth-order valence-corrected chi connectivity index (χ4v) is 5.06. The summed E-state index contributed by atoms with van der Waals surface area (Å²) in [4.78, 5) is 52.3. The number of nitrogens with one attached hydrogen (secondary N) is 2. The third-order valence-electron chi connectivity index (χ3n) is 7.10. The highest BCUT2D eigenvalue weighted by Gasteiger charge is 2.48. The first kappa shape index (κ1) is 25.1. The van der Waals surface area contributed by atoms with Gasteiger partial charge in [-0.2, -0.15) is 0 Å². The number of allylic oxidation sites excluding steroid dienone is 2. The van der Waals surface area contributed by atoms with Gasteiger partial charge in [-0.3, -0.25) is 24.1 Å². The summed E-state index contributed by atoms with van der Waals surface area (Å²) in [7, 11) is 0. The average molecular weight is 508 g/mol. The van der Waals surface area contributed by atoms with Crippen LogP contribution in [0.2, 0.25) is 0 Å². The highest BCUT2D eigenvalue weighted by molar-refractivity contribution is 6.22. The lowest BCUT2D eigenvalue weighted by Gasteiger charge is -2.18. The zero-order valence-corrected chi connectivity index (χ0v) is 21.1. The van der Waals surface area contributed by atoms with E-state index in [4.69, 9.17) is 0 Å². The molecule has 7 heteroatoms. The molecule has 2 N–H and O–H groups in total. The Balaban J connectivity index is 1.19. The molecule has 5 rings (SSSR count). The van der Waals surface area contributed by atoms with E-state index < -0.39 is 0 Å². The quantitative estimate of drug-likeness (QED) is 0.333. The smallest absolute Gasteiger partial charge is 0.255 e. The van der Waals surface area contributed by atoms with Crippen molar-refractivity contribution in [2.75, 3.05) is 15.5 Å². The molecule has 1 fully saturated rings. The van der Waals surface area contributed by atoms with Gasteiger partial charge >= 0.3 is 0 Å². The van der Waals surface area contributed by atoms with Crippen molar-refractivity contribution in [3.8, 4) is 0 Å². The maximum Gasteiger partial charge on any atom is 0.255 e. The van der Waals surface area contributed by atoms with E-state index in [-0.39, 0.29) is 35.5 Å². The summed E-state index contributed by atoms with van der Waals surface area (Å²) >= 11 is 0. The van der Waals surface area contributed by atoms with Gasteiger partial charge in [0.1, 0.15) is 0 Å². The first-order chi connectivity index (χ1) is 18.4. The zero-order valence-electron chi connectivity index (χ0n) is 21.1. The second-order valence-corrected chi connectivity index (χ2v) is 9.83. The van der Waals surface area contributed by atoms with Crippen molar-refractivity contribution < 1.29 is 19.2 Å². The van der Waals surface area contributed by atoms with Gasteiger partial charge in [0.2, 0.25) is 17.7 Å². The summed E-state index contributed by atoms with van der Waals surface area (Å²) in [5, 5.41) is 5.71. The van der Waals surface area contributed by atoms with E-state index in [1.54, 1.807) is 48.5 Å². The van der Waals surface area contributed by atoms with E-state index in [2.05, 4.69) is 10.6 Å². The summed E-state index contributed by atoms with van der Waals surface area (Å²) < 4.78 is 0. The van der Waals surface area contributed by atoms with Crippen LogP contribution in [0.3, 0.4) is 0 Å². The van der Waals surface area contributed by atoms with Gasteiger partial charge in [-0.25, -0.2) is 0 Å². The second kappa shape index (κ2) is 10.8. The predicted molar refractivity (Wildman–Crippen MR) is 147 cm³/mol. The zero-order chi connectivity index (χ0) is 26.6. The molecule has 2 atom stereocenters. The molecule has 4 amide bonds. The minimum absolute atomic E-state index is 0.107. The fraction of sp³-hybridized carbons (Fsp3) is 0.226. The molecule has 0 spiro atoms. The van der Waals surface area contributed by atoms with Crippen molar-refractivity contribution >= 4 is 40.7 Å². The lowest BCUT2D eigenvalue weighted by molar-refractivity contribution is -0.122. The van der Waals surface area contributed by atoms with Gasteiger partial charge in [-0.1, -0.05) is 48.0 Å². The minimum atomic E-state index is -0.336. The maximum absolute atomic E-state index is 12.9. The number of hydrogen-bond acceptors (Lipinski definition) is 4. The Morgan fingerprint density at radius 2 is 1.53 bits per heavy atom. The lowest BCUT2D eigenvalue weighted by Crippen LogP contribution is -2.30. The van der Waals surface area contributed by atoms with Crippen molar-refractivity contribution in [3.63, 3.8) is 0 Å². The van der Waals surface area contributed by atoms with Crippen molar-refractivity contribution in [3.05, 3.63) is 102 Å². The summed E-state index contributed by atoms with van der Waals surface area (Å²) in [6, 6.07) is 23.2. The summed E-state index contributed by atoms with van der Waals surface area (Å²) in [6.45, 7) is 1.99. The monoisotopic (exact) mass is 507 g/mol. The van der Waals surface area contributed by atoms with Gasteiger partial charge in [0, 0.05) is 23.4 Å². The van der Waals surface area contributed by atoms with E-state index in [9.17, 15) is 19.2 Å². The number of carbonyl (C=O) groups excluding carboxylic acids is 4. The van der Waals surface area contributed by atoms with E-state index >= 15 is 0 Å². The molecule has 2 aliphatic rings. The van der Waals surface area contributed by atoms with Crippen LogP contribution < -0.4 is 15.5 Å². The topological polar surface area (TPSA) is 95.6 Å². The van der Waals surface area contributed by atoms with E-state index in [1.807, 2.05) is 43.3 Å². The van der Waals surface area contributed by atoms with E-state index in [0.29, 0.717) is 48.3 Å². The van der Waals surface area contributed by atoms with Crippen LogP contribution in [-0.2, 0) is 20.8 Å². The molecule has 3 aromatic carbocycles. The molecule has 1 saturated heterocycles. The number of imide groups is 1. The molecule has 7 nitrogen and oxygen atoms in total. The minimum Gasteiger partial charge on any atom is -0.326 e. The highest BCUT2D eigenvalue weighted by Crippen LogP contribution is 2.39. The third kappa shape index (κ3) is 5.42. The maximum atomic E-state index is 12.9. The normalized spacial score (nSPS) is 18.6. The predicted octanol–water partition coefficient (Wildman–Crippen LogP) is 5.36. The van der Waals surface area contributed by atoms with Crippen LogP contribution >= 0.6 is 0 Å². The number of rotatable bonds is 7. The fourth-order valence-electron chi connectivity index (χ4n) is 5.06. The summed E-state index contributed by atoms with van der Waals surface area (Å²) in [6.07, 6.45) is 4.23. The first-order valence-corrected chi connectivity index (χ1v) is 12.8. The molecule has 1 aliphatic heterocycles. The van der Waals surface area contributed by atoms with Crippen LogP contribution in [0.25, 0.3) is 0 Å². The van der Waals surface area contributed by atoms with Gasteiger partial charge in [-0.05, 0) is 74.2 Å². The molecule has 0 aromatic heterocycles. The largest absolute Gasteiger partial charge is 0.326 e. The van der Waals surface area contributed by atoms with Crippen LogP contribution in [0.1, 0.15) is 42.1 Å². The molecular formula is C31H29N3O4. The number of nitrogens with zero attached hydrogens (tertiary/aromatic N) is 1. The number of hydrogen-bond donors (Lipinski definition) is 2. The Hall–Kier alpha value is -4.52. The number of aryl methyl sites for hydroxylation is 1. The number of anilines is 3. The SMILES string of the molecule is CC1=CC[C@@H]2C(=O)N(c3ccc(C(=O)Nc4cccc(NC(=O)CCc5ccccc5)c4)cc3)C(=O)[C@H]2C1. The van der Waals surface area contributed by atoms with Gasteiger partial charge in [0.05, 0.1) is 17.5 Å². The second-order valence-electron chi connectivity index (χ2n) is 9.83. The van der Waals surface area contributed by atoms with Crippen molar-refractivity contribution in [2.24, 2.45) is 11.8 Å². The Bertz CT molecular complexity index is 1410. The van der Waals surface area contributed by atoms with Crippen LogP contribution in [0.5, 0.6) is 0 Å². The summed E-state index contributed by atoms with van der Waals surface area (Å²) in [5.74, 6) is -1.40.